The van der Waals surface area contributed by atoms with Crippen LogP contribution in [0, 0.1) is 11.8 Å². The van der Waals surface area contributed by atoms with Crippen molar-refractivity contribution in [3.8, 4) is 0 Å². The van der Waals surface area contributed by atoms with Gasteiger partial charge in [-0.2, -0.15) is 0 Å². The number of hydrogen-bond donors (Lipinski definition) is 2. The Bertz CT molecular complexity index is 256. The van der Waals surface area contributed by atoms with Crippen molar-refractivity contribution in [2.45, 2.75) is 57.7 Å². The highest BCUT2D eigenvalue weighted by Crippen LogP contribution is 2.25. The lowest BCUT2D eigenvalue weighted by Crippen LogP contribution is -2.34. The van der Waals surface area contributed by atoms with Crippen LogP contribution in [0.15, 0.2) is 0 Å². The summed E-state index contributed by atoms with van der Waals surface area (Å²) in [6.07, 6.45) is 7.23. The zero-order chi connectivity index (χ0) is 14.2. The van der Waals surface area contributed by atoms with E-state index in [0.717, 1.165) is 44.9 Å². The van der Waals surface area contributed by atoms with Crippen LogP contribution in [-0.4, -0.2) is 50.2 Å². The molecule has 2 fully saturated rings. The fraction of sp³-hybridized carbons (Fsp3) is 1.00. The summed E-state index contributed by atoms with van der Waals surface area (Å²) in [6.45, 7) is 6.19. The van der Waals surface area contributed by atoms with Crippen LogP contribution in [0.25, 0.3) is 0 Å². The Morgan fingerprint density at radius 1 is 1.35 bits per heavy atom. The summed E-state index contributed by atoms with van der Waals surface area (Å²) in [5, 5.41) is 13.2. The standard InChI is InChI=1S/C16H31NO3/c1-13-3-2-4-16(9-13)20-12-15(18)10-17-7-5-14-6-8-19-11-14/h13-18H,2-12H2,1H3. The molecule has 4 heteroatoms. The van der Waals surface area contributed by atoms with E-state index in [0.29, 0.717) is 25.2 Å². The molecule has 1 aliphatic carbocycles. The first-order valence-electron chi connectivity index (χ1n) is 8.32. The SMILES string of the molecule is CC1CCCC(OCC(O)CNCCC2CCOC2)C1. The third kappa shape index (κ3) is 6.08. The van der Waals surface area contributed by atoms with E-state index < -0.39 is 0 Å². The van der Waals surface area contributed by atoms with E-state index in [-0.39, 0.29) is 6.10 Å². The summed E-state index contributed by atoms with van der Waals surface area (Å²) < 4.78 is 11.2. The molecule has 0 aromatic carbocycles. The molecule has 0 bridgehead atoms. The number of ether oxygens (including phenoxy) is 2. The van der Waals surface area contributed by atoms with Crippen LogP contribution in [0.5, 0.6) is 0 Å². The van der Waals surface area contributed by atoms with Crippen molar-refractivity contribution in [1.29, 1.82) is 0 Å². The van der Waals surface area contributed by atoms with Crippen molar-refractivity contribution in [3.05, 3.63) is 0 Å². The minimum atomic E-state index is -0.382. The Balaban J connectivity index is 1.46. The van der Waals surface area contributed by atoms with Crippen molar-refractivity contribution < 1.29 is 14.6 Å². The molecule has 0 amide bonds. The summed E-state index contributed by atoms with van der Waals surface area (Å²) in [6, 6.07) is 0. The van der Waals surface area contributed by atoms with Gasteiger partial charge in [-0.15, -0.1) is 0 Å². The van der Waals surface area contributed by atoms with Crippen molar-refractivity contribution in [1.82, 2.24) is 5.32 Å². The smallest absolute Gasteiger partial charge is 0.0897 e. The Kier molecular flexibility index (Phi) is 7.28. The van der Waals surface area contributed by atoms with Gasteiger partial charge in [-0.1, -0.05) is 19.8 Å². The highest BCUT2D eigenvalue weighted by Gasteiger charge is 2.20. The predicted molar refractivity (Wildman–Crippen MR) is 79.8 cm³/mol. The lowest BCUT2D eigenvalue weighted by Gasteiger charge is -2.27. The van der Waals surface area contributed by atoms with Gasteiger partial charge in [-0.25, -0.2) is 0 Å². The molecule has 4 atom stereocenters. The van der Waals surface area contributed by atoms with E-state index >= 15 is 0 Å². The molecule has 118 valence electrons. The summed E-state index contributed by atoms with van der Waals surface area (Å²) in [5.41, 5.74) is 0. The summed E-state index contributed by atoms with van der Waals surface area (Å²) in [7, 11) is 0. The van der Waals surface area contributed by atoms with E-state index in [4.69, 9.17) is 9.47 Å². The minimum Gasteiger partial charge on any atom is -0.389 e. The fourth-order valence-electron chi connectivity index (χ4n) is 3.22. The second kappa shape index (κ2) is 8.98. The first-order valence-corrected chi connectivity index (χ1v) is 8.32. The highest BCUT2D eigenvalue weighted by molar-refractivity contribution is 4.72. The average Bonchev–Trinajstić information content (AvgIpc) is 2.95. The van der Waals surface area contributed by atoms with E-state index in [1.165, 1.54) is 19.3 Å². The van der Waals surface area contributed by atoms with Gasteiger partial charge in [0, 0.05) is 19.8 Å². The molecule has 1 saturated carbocycles. The normalized spacial score (nSPS) is 32.4. The molecule has 0 spiro atoms. The van der Waals surface area contributed by atoms with Crippen LogP contribution in [0.2, 0.25) is 0 Å². The molecule has 0 aromatic heterocycles. The molecule has 2 rings (SSSR count). The number of nitrogens with one attached hydrogen (secondary N) is 1. The van der Waals surface area contributed by atoms with Crippen LogP contribution in [-0.2, 0) is 9.47 Å². The Morgan fingerprint density at radius 2 is 2.25 bits per heavy atom. The Labute approximate surface area is 123 Å². The van der Waals surface area contributed by atoms with Crippen LogP contribution in [0.3, 0.4) is 0 Å². The van der Waals surface area contributed by atoms with Gasteiger partial charge in [0.05, 0.1) is 18.8 Å². The number of rotatable bonds is 8. The predicted octanol–water partition coefficient (Wildman–Crippen LogP) is 1.96. The van der Waals surface area contributed by atoms with Crippen molar-refractivity contribution in [2.24, 2.45) is 11.8 Å². The van der Waals surface area contributed by atoms with Gasteiger partial charge in [-0.05, 0) is 44.1 Å². The molecular weight excluding hydrogens is 254 g/mol. The van der Waals surface area contributed by atoms with Crippen LogP contribution >= 0.6 is 0 Å². The van der Waals surface area contributed by atoms with Crippen LogP contribution < -0.4 is 5.32 Å². The van der Waals surface area contributed by atoms with Crippen LogP contribution in [0.1, 0.15) is 45.4 Å². The third-order valence-corrected chi connectivity index (χ3v) is 4.55. The van der Waals surface area contributed by atoms with E-state index in [1.807, 2.05) is 0 Å². The molecular formula is C16H31NO3. The van der Waals surface area contributed by atoms with E-state index in [1.54, 1.807) is 0 Å². The first-order chi connectivity index (χ1) is 9.74. The summed E-state index contributed by atoms with van der Waals surface area (Å²) in [4.78, 5) is 0. The van der Waals surface area contributed by atoms with E-state index in [9.17, 15) is 5.11 Å². The summed E-state index contributed by atoms with van der Waals surface area (Å²) >= 11 is 0. The second-order valence-electron chi connectivity index (χ2n) is 6.60. The molecule has 2 aliphatic rings. The third-order valence-electron chi connectivity index (χ3n) is 4.55. The quantitative estimate of drug-likeness (QED) is 0.669. The Morgan fingerprint density at radius 3 is 3.00 bits per heavy atom. The van der Waals surface area contributed by atoms with Crippen molar-refractivity contribution in [3.63, 3.8) is 0 Å². The molecule has 4 nitrogen and oxygen atoms in total. The minimum absolute atomic E-state index is 0.365. The topological polar surface area (TPSA) is 50.7 Å². The molecule has 0 radical (unpaired) electrons. The fourth-order valence-corrected chi connectivity index (χ4v) is 3.22. The van der Waals surface area contributed by atoms with Gasteiger partial charge in [-0.3, -0.25) is 0 Å². The van der Waals surface area contributed by atoms with Gasteiger partial charge >= 0.3 is 0 Å². The average molecular weight is 285 g/mol. The molecule has 1 aliphatic heterocycles. The number of aliphatic hydroxyl groups excluding tert-OH is 1. The molecule has 4 unspecified atom stereocenters. The monoisotopic (exact) mass is 285 g/mol. The highest BCUT2D eigenvalue weighted by atomic mass is 16.5. The van der Waals surface area contributed by atoms with Crippen LogP contribution in [0.4, 0.5) is 0 Å². The van der Waals surface area contributed by atoms with Crippen molar-refractivity contribution in [2.75, 3.05) is 32.9 Å². The zero-order valence-electron chi connectivity index (χ0n) is 12.9. The molecule has 1 heterocycles. The summed E-state index contributed by atoms with van der Waals surface area (Å²) in [5.74, 6) is 1.48. The lowest BCUT2D eigenvalue weighted by molar-refractivity contribution is -0.0306. The maximum Gasteiger partial charge on any atom is 0.0897 e. The Hall–Kier alpha value is -0.160. The largest absolute Gasteiger partial charge is 0.389 e. The van der Waals surface area contributed by atoms with E-state index in [2.05, 4.69) is 12.2 Å². The van der Waals surface area contributed by atoms with Gasteiger partial charge < -0.3 is 19.9 Å². The van der Waals surface area contributed by atoms with Gasteiger partial charge in [0.2, 0.25) is 0 Å². The molecule has 2 N–H and O–H groups in total. The number of hydrogen-bond acceptors (Lipinski definition) is 4. The lowest BCUT2D eigenvalue weighted by atomic mass is 9.89. The maximum atomic E-state index is 9.93. The molecule has 0 aromatic rings. The zero-order valence-corrected chi connectivity index (χ0v) is 12.9. The molecule has 1 saturated heterocycles. The first kappa shape index (κ1) is 16.2. The van der Waals surface area contributed by atoms with Crippen molar-refractivity contribution >= 4 is 0 Å². The van der Waals surface area contributed by atoms with Gasteiger partial charge in [0.15, 0.2) is 0 Å². The number of aliphatic hydroxyl groups is 1. The molecule has 20 heavy (non-hydrogen) atoms. The maximum absolute atomic E-state index is 9.93. The van der Waals surface area contributed by atoms with Gasteiger partial charge in [0.25, 0.3) is 0 Å². The van der Waals surface area contributed by atoms with Gasteiger partial charge in [0.1, 0.15) is 0 Å². The second-order valence-corrected chi connectivity index (χ2v) is 6.60.